The van der Waals surface area contributed by atoms with Gasteiger partial charge in [0, 0.05) is 0 Å². The fraction of sp³-hybridized carbons (Fsp3) is 0.667. The predicted octanol–water partition coefficient (Wildman–Crippen LogP) is -0.497. The fourth-order valence-electron chi connectivity index (χ4n) is 0.304. The van der Waals surface area contributed by atoms with Crippen molar-refractivity contribution in [1.29, 1.82) is 0 Å². The maximum Gasteiger partial charge on any atom is 0.468 e. The molecule has 0 spiro atoms. The maximum atomic E-state index is 12.4. The van der Waals surface area contributed by atoms with Crippen LogP contribution in [0.25, 0.3) is 0 Å². The lowest BCUT2D eigenvalue weighted by atomic mass is 10.7. The monoisotopic (exact) mass is 222 g/mol. The lowest BCUT2D eigenvalue weighted by Crippen LogP contribution is -2.39. The van der Waals surface area contributed by atoms with Gasteiger partial charge in [0.15, 0.2) is 0 Å². The van der Waals surface area contributed by atoms with Gasteiger partial charge < -0.3 is 4.74 Å². The van der Waals surface area contributed by atoms with Crippen LogP contribution in [0, 0.1) is 0 Å². The molecule has 0 unspecified atom stereocenters. The van der Waals surface area contributed by atoms with E-state index in [1.54, 1.807) is 0 Å². The molecule has 0 aliphatic heterocycles. The summed E-state index contributed by atoms with van der Waals surface area (Å²) >= 11 is 0. The first-order valence-corrected chi connectivity index (χ1v) is 3.91. The molecule has 0 aliphatic rings. The van der Waals surface area contributed by atoms with E-state index in [-0.39, 0.29) is 0 Å². The standard InChI is InChI=1S/C3H4F2O7S/c1-10-2(6)3(4,5)13(8,9)12-11-7/h7H,1H3. The molecule has 10 heteroatoms. The van der Waals surface area contributed by atoms with Crippen molar-refractivity contribution in [3.05, 3.63) is 0 Å². The van der Waals surface area contributed by atoms with Crippen LogP contribution in [0.4, 0.5) is 8.78 Å². The molecule has 0 aromatic carbocycles. The first-order chi connectivity index (χ1) is 5.79. The summed E-state index contributed by atoms with van der Waals surface area (Å²) < 4.78 is 51.7. The van der Waals surface area contributed by atoms with Crippen LogP contribution in [0.5, 0.6) is 0 Å². The summed E-state index contributed by atoms with van der Waals surface area (Å²) in [6.45, 7) is 0. The summed E-state index contributed by atoms with van der Waals surface area (Å²) in [6, 6.07) is 0. The number of ether oxygens (including phenoxy) is 1. The summed E-state index contributed by atoms with van der Waals surface area (Å²) in [4.78, 5) is 10.2. The molecule has 0 saturated heterocycles. The van der Waals surface area contributed by atoms with Gasteiger partial charge in [0.05, 0.1) is 7.11 Å². The van der Waals surface area contributed by atoms with Crippen molar-refractivity contribution in [2.75, 3.05) is 7.11 Å². The second kappa shape index (κ2) is 3.91. The number of halogens is 2. The molecular formula is C3H4F2O7S. The van der Waals surface area contributed by atoms with Crippen LogP contribution in [-0.2, 0) is 29.0 Å². The lowest BCUT2D eigenvalue weighted by molar-refractivity contribution is -0.438. The van der Waals surface area contributed by atoms with Crippen LogP contribution in [0.2, 0.25) is 0 Å². The van der Waals surface area contributed by atoms with Crippen LogP contribution in [0.3, 0.4) is 0 Å². The first-order valence-electron chi connectivity index (χ1n) is 2.50. The highest BCUT2D eigenvalue weighted by molar-refractivity contribution is 7.88. The molecule has 78 valence electrons. The third-order valence-electron chi connectivity index (χ3n) is 0.857. The molecule has 0 aromatic heterocycles. The molecule has 1 N–H and O–H groups in total. The topological polar surface area (TPSA) is 99.1 Å². The van der Waals surface area contributed by atoms with E-state index in [9.17, 15) is 22.0 Å². The van der Waals surface area contributed by atoms with Gasteiger partial charge in [-0.15, -0.1) is 0 Å². The Bertz CT molecular complexity index is 282. The van der Waals surface area contributed by atoms with Crippen molar-refractivity contribution >= 4 is 16.1 Å². The molecule has 13 heavy (non-hydrogen) atoms. The van der Waals surface area contributed by atoms with Crippen molar-refractivity contribution in [2.24, 2.45) is 0 Å². The van der Waals surface area contributed by atoms with Crippen LogP contribution in [0.1, 0.15) is 0 Å². The zero-order valence-electron chi connectivity index (χ0n) is 6.06. The van der Waals surface area contributed by atoms with Gasteiger partial charge in [0.1, 0.15) is 0 Å². The Labute approximate surface area is 70.8 Å². The molecule has 0 amide bonds. The van der Waals surface area contributed by atoms with E-state index < -0.39 is 21.3 Å². The molecule has 0 heterocycles. The number of methoxy groups -OCH3 is 1. The van der Waals surface area contributed by atoms with Crippen molar-refractivity contribution in [2.45, 2.75) is 5.25 Å². The van der Waals surface area contributed by atoms with Crippen LogP contribution >= 0.6 is 0 Å². The Morgan fingerprint density at radius 3 is 2.23 bits per heavy atom. The minimum absolute atomic E-state index is 0.547. The Morgan fingerprint density at radius 1 is 1.46 bits per heavy atom. The van der Waals surface area contributed by atoms with E-state index >= 15 is 0 Å². The molecular weight excluding hydrogens is 218 g/mol. The number of rotatable bonds is 4. The van der Waals surface area contributed by atoms with Gasteiger partial charge >= 0.3 is 21.3 Å². The molecule has 0 saturated carbocycles. The lowest BCUT2D eigenvalue weighted by Gasteiger charge is -2.10. The van der Waals surface area contributed by atoms with E-state index in [1.165, 1.54) is 0 Å². The molecule has 7 nitrogen and oxygen atoms in total. The third kappa shape index (κ3) is 2.30. The van der Waals surface area contributed by atoms with E-state index in [1.807, 2.05) is 0 Å². The predicted molar refractivity (Wildman–Crippen MR) is 30.7 cm³/mol. The second-order valence-electron chi connectivity index (χ2n) is 1.61. The molecule has 0 radical (unpaired) electrons. The van der Waals surface area contributed by atoms with Gasteiger partial charge in [-0.3, -0.25) is 0 Å². The Morgan fingerprint density at radius 2 is 1.92 bits per heavy atom. The van der Waals surface area contributed by atoms with Gasteiger partial charge in [0.25, 0.3) is 0 Å². The summed E-state index contributed by atoms with van der Waals surface area (Å²) in [5.41, 5.74) is 0. The van der Waals surface area contributed by atoms with Crippen LogP contribution in [-0.4, -0.2) is 32.0 Å². The maximum absolute atomic E-state index is 12.4. The number of esters is 1. The van der Waals surface area contributed by atoms with Crippen molar-refractivity contribution in [3.63, 3.8) is 0 Å². The molecule has 0 bridgehead atoms. The largest absolute Gasteiger partial charge is 0.468 e. The summed E-state index contributed by atoms with van der Waals surface area (Å²) in [7, 11) is -5.15. The number of hydrogen-bond donors (Lipinski definition) is 1. The first kappa shape index (κ1) is 12.2. The SMILES string of the molecule is COC(=O)C(F)(F)S(=O)(=O)OOO. The molecule has 0 fully saturated rings. The Kier molecular flexibility index (Phi) is 3.66. The van der Waals surface area contributed by atoms with Crippen molar-refractivity contribution in [3.8, 4) is 0 Å². The Hall–Kier alpha value is -0.840. The third-order valence-corrected chi connectivity index (χ3v) is 1.89. The quantitative estimate of drug-likeness (QED) is 0.389. The second-order valence-corrected chi connectivity index (χ2v) is 3.16. The van der Waals surface area contributed by atoms with Gasteiger partial charge in [-0.1, -0.05) is 9.37 Å². The molecule has 0 atom stereocenters. The zero-order valence-corrected chi connectivity index (χ0v) is 6.88. The van der Waals surface area contributed by atoms with Crippen LogP contribution in [0.15, 0.2) is 0 Å². The zero-order chi connectivity index (χ0) is 10.7. The summed E-state index contributed by atoms with van der Waals surface area (Å²) in [5, 5.41) is 5.00. The molecule has 0 aromatic rings. The van der Waals surface area contributed by atoms with Gasteiger partial charge in [-0.25, -0.2) is 10.1 Å². The Balaban J connectivity index is 4.93. The molecule has 0 aliphatic carbocycles. The van der Waals surface area contributed by atoms with E-state index in [0.29, 0.717) is 7.11 Å². The minimum atomic E-state index is -5.70. The van der Waals surface area contributed by atoms with E-state index in [0.717, 1.165) is 0 Å². The van der Waals surface area contributed by atoms with Crippen molar-refractivity contribution in [1.82, 2.24) is 0 Å². The smallest absolute Gasteiger partial charge is 0.464 e. The molecule has 0 rings (SSSR count). The highest BCUT2D eigenvalue weighted by Gasteiger charge is 2.56. The average molecular weight is 222 g/mol. The van der Waals surface area contributed by atoms with Gasteiger partial charge in [-0.2, -0.15) is 17.2 Å². The number of hydrogen-bond acceptors (Lipinski definition) is 7. The number of carbonyl (C=O) groups excluding carboxylic acids is 1. The summed E-state index contributed by atoms with van der Waals surface area (Å²) in [6.07, 6.45) is 0. The van der Waals surface area contributed by atoms with Gasteiger partial charge in [-0.05, 0) is 0 Å². The summed E-state index contributed by atoms with van der Waals surface area (Å²) in [5.74, 6) is -2.36. The minimum Gasteiger partial charge on any atom is -0.464 e. The average Bonchev–Trinajstić information content (AvgIpc) is 2.02. The van der Waals surface area contributed by atoms with Crippen molar-refractivity contribution < 1.29 is 41.4 Å². The number of alkyl halides is 2. The van der Waals surface area contributed by atoms with Crippen LogP contribution < -0.4 is 0 Å². The van der Waals surface area contributed by atoms with E-state index in [2.05, 4.69) is 14.1 Å². The highest BCUT2D eigenvalue weighted by atomic mass is 32.2. The highest BCUT2D eigenvalue weighted by Crippen LogP contribution is 2.24. The number of carbonyl (C=O) groups is 1. The van der Waals surface area contributed by atoms with Gasteiger partial charge in [0.2, 0.25) is 0 Å². The van der Waals surface area contributed by atoms with E-state index in [4.69, 9.17) is 5.26 Å². The fourth-order valence-corrected chi connectivity index (χ4v) is 0.757. The normalized spacial score (nSPS) is 12.6.